The van der Waals surface area contributed by atoms with Crippen molar-refractivity contribution in [2.45, 2.75) is 0 Å². The van der Waals surface area contributed by atoms with Gasteiger partial charge in [-0.05, 0) is 0 Å². The fraction of sp³-hybridized carbons (Fsp3) is 0. The van der Waals surface area contributed by atoms with Crippen LogP contribution in [0.15, 0.2) is 10.7 Å². The quantitative estimate of drug-likeness (QED) is 0.186. The van der Waals surface area contributed by atoms with E-state index in [4.69, 9.17) is 40.0 Å². The summed E-state index contributed by atoms with van der Waals surface area (Å²) in [6.45, 7) is 0. The van der Waals surface area contributed by atoms with E-state index in [2.05, 4.69) is 0 Å². The molecule has 10 nitrogen and oxygen atoms in total. The van der Waals surface area contributed by atoms with Crippen LogP contribution in [0.25, 0.3) is 0 Å². The second kappa shape index (κ2) is 29.2. The second-order valence-electron chi connectivity index (χ2n) is 0.738. The molecule has 0 aromatic rings. The fourth-order valence-corrected chi connectivity index (χ4v) is 0. The van der Waals surface area contributed by atoms with E-state index >= 15 is 0 Å². The Kier molecular flexibility index (Phi) is 61.4. The van der Waals surface area contributed by atoms with E-state index < -0.39 is 11.9 Å². The van der Waals surface area contributed by atoms with Crippen LogP contribution in [0.2, 0.25) is 0 Å². The molecule has 0 aliphatic carbocycles. The fourth-order valence-electron chi connectivity index (χ4n) is 0. The largest absolute Gasteiger partial charge is 1.00 e. The number of aliphatic carboxylic acids is 2. The van der Waals surface area contributed by atoms with Crippen LogP contribution < -0.4 is 113 Å². The van der Waals surface area contributed by atoms with E-state index in [0.29, 0.717) is 0 Å². The third kappa shape index (κ3) is 74.7. The number of rotatable bonds is 0. The molecule has 0 unspecified atom stereocenters. The molecule has 0 heterocycles. The molecule has 0 rings (SSSR count). The van der Waals surface area contributed by atoms with Crippen molar-refractivity contribution >= 4 is 11.9 Å². The molecule has 12 heteroatoms. The first-order valence-electron chi connectivity index (χ1n) is 1.83. The van der Waals surface area contributed by atoms with Gasteiger partial charge in [0.2, 0.25) is 0 Å². The van der Waals surface area contributed by atoms with Crippen LogP contribution >= 0.6 is 0 Å². The molecule has 0 radical (unpaired) electrons. The molecule has 0 aromatic carbocycles. The van der Waals surface area contributed by atoms with Gasteiger partial charge in [0.05, 0.1) is 11.9 Å². The summed E-state index contributed by atoms with van der Waals surface area (Å²) in [5.41, 5.74) is 0. The molecule has 0 saturated heterocycles. The topological polar surface area (TPSA) is 180 Å². The maximum absolute atomic E-state index is 8.93. The van der Waals surface area contributed by atoms with Crippen molar-refractivity contribution in [1.29, 1.82) is 0 Å². The molecule has 0 saturated carbocycles. The smallest absolute Gasteiger partial charge is 0.543 e. The first-order valence-corrected chi connectivity index (χ1v) is 1.83. The summed E-state index contributed by atoms with van der Waals surface area (Å²) >= 11 is 0. The predicted molar refractivity (Wildman–Crippen MR) is 25.2 cm³/mol. The van der Waals surface area contributed by atoms with E-state index in [1.807, 2.05) is 0 Å². The predicted octanol–water partition coefficient (Wildman–Crippen LogP) is -9.22. The standard InChI is InChI=1S/C2H2O4.2K.2HNO2/c3-1(4)2(5)6;;;2*2-1-3/h(H,3,4)(H,5,6);;;2*(H,2,3)/q;2*+1;;/p-2. The Bertz CT molecular complexity index is 143. The molecular formula is C2H2K2N2O8. The Hall–Kier alpha value is 1.01. The van der Waals surface area contributed by atoms with Crippen molar-refractivity contribution in [3.8, 4) is 0 Å². The summed E-state index contributed by atoms with van der Waals surface area (Å²) in [6, 6.07) is 0. The monoisotopic (exact) mass is 260 g/mol. The van der Waals surface area contributed by atoms with Crippen LogP contribution in [-0.2, 0) is 9.59 Å². The zero-order valence-electron chi connectivity index (χ0n) is 7.24. The molecule has 0 aliphatic heterocycles. The zero-order valence-corrected chi connectivity index (χ0v) is 13.5. The number of carbonyl (C=O) groups excluding carboxylic acids is 2. The van der Waals surface area contributed by atoms with Crippen molar-refractivity contribution in [3.05, 3.63) is 9.81 Å². The average molecular weight is 260 g/mol. The van der Waals surface area contributed by atoms with Gasteiger partial charge >= 0.3 is 103 Å². The van der Waals surface area contributed by atoms with Gasteiger partial charge in [-0.25, -0.2) is 0 Å². The van der Waals surface area contributed by atoms with Crippen molar-refractivity contribution in [2.75, 3.05) is 0 Å². The Balaban J connectivity index is -0.0000000297. The maximum Gasteiger partial charge on any atom is 1.00 e. The molecule has 0 fully saturated rings. The summed E-state index contributed by atoms with van der Waals surface area (Å²) in [5, 5.41) is 33.6. The van der Waals surface area contributed by atoms with Crippen LogP contribution in [0.3, 0.4) is 0 Å². The van der Waals surface area contributed by atoms with Crippen molar-refractivity contribution in [3.63, 3.8) is 0 Å². The molecule has 14 heavy (non-hydrogen) atoms. The van der Waals surface area contributed by atoms with Crippen LogP contribution in [0.5, 0.6) is 0 Å². The van der Waals surface area contributed by atoms with Crippen molar-refractivity contribution in [2.24, 2.45) is 10.7 Å². The Morgan fingerprint density at radius 1 is 0.857 bits per heavy atom. The number of carboxylic acid groups (broad SMARTS) is 2. The molecule has 0 spiro atoms. The number of hydrogen-bond donors (Lipinski definition) is 2. The van der Waals surface area contributed by atoms with E-state index in [0.717, 1.165) is 0 Å². The average Bonchev–Trinajstić information content (AvgIpc) is 1.90. The number of nitrogens with zero attached hydrogens (tertiary/aromatic N) is 2. The molecule has 0 aliphatic rings. The SMILES string of the molecule is O=C([O-])C(=O)[O-].O=NO.O=NO.[K+].[K+]. The number of hydrogen-bond acceptors (Lipinski definition) is 8. The normalized spacial score (nSPS) is 4.86. The van der Waals surface area contributed by atoms with Crippen LogP contribution in [-0.4, -0.2) is 22.4 Å². The van der Waals surface area contributed by atoms with E-state index in [-0.39, 0.29) is 103 Å². The summed E-state index contributed by atoms with van der Waals surface area (Å²) < 4.78 is 0. The Morgan fingerprint density at radius 2 is 0.929 bits per heavy atom. The van der Waals surface area contributed by atoms with Crippen LogP contribution in [0.4, 0.5) is 0 Å². The van der Waals surface area contributed by atoms with Gasteiger partial charge < -0.3 is 30.2 Å². The molecule has 70 valence electrons. The second-order valence-corrected chi connectivity index (χ2v) is 0.738. The van der Waals surface area contributed by atoms with Gasteiger partial charge in [-0.1, -0.05) is 0 Å². The third-order valence-corrected chi connectivity index (χ3v) is 0.167. The van der Waals surface area contributed by atoms with Gasteiger partial charge in [-0.3, -0.25) is 0 Å². The number of carbonyl (C=O) groups is 2. The maximum atomic E-state index is 8.93. The summed E-state index contributed by atoms with van der Waals surface area (Å²) in [4.78, 5) is 34.1. The van der Waals surface area contributed by atoms with Crippen molar-refractivity contribution in [1.82, 2.24) is 0 Å². The van der Waals surface area contributed by atoms with Gasteiger partial charge in [0.15, 0.2) is 10.7 Å². The van der Waals surface area contributed by atoms with Gasteiger partial charge in [-0.15, -0.1) is 9.81 Å². The van der Waals surface area contributed by atoms with Gasteiger partial charge in [0.1, 0.15) is 0 Å². The molecule has 2 N–H and O–H groups in total. The van der Waals surface area contributed by atoms with Gasteiger partial charge in [-0.2, -0.15) is 0 Å². The summed E-state index contributed by atoms with van der Waals surface area (Å²) in [5.74, 6) is -4.37. The molecule has 0 aromatic heterocycles. The summed E-state index contributed by atoms with van der Waals surface area (Å²) in [6.07, 6.45) is 0. The minimum atomic E-state index is -2.19. The first kappa shape index (κ1) is 29.4. The third-order valence-electron chi connectivity index (χ3n) is 0.167. The molecule has 0 amide bonds. The van der Waals surface area contributed by atoms with Gasteiger partial charge in [0, 0.05) is 0 Å². The Morgan fingerprint density at radius 3 is 0.929 bits per heavy atom. The van der Waals surface area contributed by atoms with Crippen LogP contribution in [0, 0.1) is 9.81 Å². The van der Waals surface area contributed by atoms with E-state index in [1.54, 1.807) is 0 Å². The first-order chi connectivity index (χ1) is 5.47. The van der Waals surface area contributed by atoms with E-state index in [1.165, 1.54) is 10.7 Å². The number of carboxylic acids is 2. The molecule has 0 bridgehead atoms. The summed E-state index contributed by atoms with van der Waals surface area (Å²) in [7, 11) is 0. The van der Waals surface area contributed by atoms with Gasteiger partial charge in [0.25, 0.3) is 0 Å². The zero-order chi connectivity index (χ0) is 10.6. The Labute approximate surface area is 162 Å². The minimum absolute atomic E-state index is 0. The minimum Gasteiger partial charge on any atom is -0.543 e. The van der Waals surface area contributed by atoms with Crippen LogP contribution in [0.1, 0.15) is 0 Å². The molecule has 0 atom stereocenters. The van der Waals surface area contributed by atoms with Crippen molar-refractivity contribution < 1.29 is 133 Å². The molecular weight excluding hydrogens is 258 g/mol. The van der Waals surface area contributed by atoms with E-state index in [9.17, 15) is 0 Å².